The Kier molecular flexibility index (Phi) is 4.08. The average molecular weight is 332 g/mol. The molecule has 114 valence electrons. The Morgan fingerprint density at radius 2 is 2.14 bits per heavy atom. The summed E-state index contributed by atoms with van der Waals surface area (Å²) in [6.07, 6.45) is 0. The maximum absolute atomic E-state index is 11.9. The first-order valence-electron chi connectivity index (χ1n) is 6.92. The number of carbonyl (C=O) groups excluding carboxylic acids is 1. The third-order valence-electron chi connectivity index (χ3n) is 3.47. The number of hydrogen-bond acceptors (Lipinski definition) is 3. The fourth-order valence-corrected chi connectivity index (χ4v) is 3.62. The number of para-hydroxylation sites is 1. The van der Waals surface area contributed by atoms with Crippen molar-refractivity contribution in [3.8, 4) is 0 Å². The van der Waals surface area contributed by atoms with E-state index in [0.29, 0.717) is 17.2 Å². The van der Waals surface area contributed by atoms with E-state index in [0.717, 1.165) is 27.8 Å². The van der Waals surface area contributed by atoms with Crippen molar-refractivity contribution in [3.63, 3.8) is 0 Å². The van der Waals surface area contributed by atoms with Crippen LogP contribution in [0.2, 0.25) is 0 Å². The molecule has 0 fully saturated rings. The molecule has 2 aromatic rings. The number of hydrogen-bond donors (Lipinski definition) is 3. The maximum Gasteiger partial charge on any atom is 0.251 e. The summed E-state index contributed by atoms with van der Waals surface area (Å²) in [5, 5.41) is 4.56. The van der Waals surface area contributed by atoms with Gasteiger partial charge in [-0.25, -0.2) is 0 Å². The van der Waals surface area contributed by atoms with Gasteiger partial charge in [0.15, 0.2) is 5.11 Å². The third-order valence-corrected chi connectivity index (χ3v) is 4.67. The van der Waals surface area contributed by atoms with Crippen LogP contribution in [-0.4, -0.2) is 21.8 Å². The molecule has 5 nitrogen and oxygen atoms in total. The molecule has 0 unspecified atom stereocenters. The van der Waals surface area contributed by atoms with Gasteiger partial charge in [-0.3, -0.25) is 4.79 Å². The largest absolute Gasteiger partial charge is 0.366 e. The quantitative estimate of drug-likeness (QED) is 0.593. The SMILES string of the molecule is CCSc1[nH]c2c(c1C(N)=O)CN(c1ccccc1)C(=S)N2. The Bertz CT molecular complexity index is 727. The number of nitrogens with one attached hydrogen (secondary N) is 2. The van der Waals surface area contributed by atoms with E-state index < -0.39 is 5.91 Å². The lowest BCUT2D eigenvalue weighted by atomic mass is 10.1. The zero-order valence-corrected chi connectivity index (χ0v) is 13.7. The zero-order chi connectivity index (χ0) is 15.7. The van der Waals surface area contributed by atoms with Crippen molar-refractivity contribution in [2.75, 3.05) is 16.0 Å². The third kappa shape index (κ3) is 2.57. The van der Waals surface area contributed by atoms with Crippen molar-refractivity contribution in [1.82, 2.24) is 4.98 Å². The number of amides is 1. The van der Waals surface area contributed by atoms with E-state index in [2.05, 4.69) is 10.3 Å². The van der Waals surface area contributed by atoms with E-state index in [1.807, 2.05) is 42.2 Å². The van der Waals surface area contributed by atoms with Gasteiger partial charge in [-0.05, 0) is 30.1 Å². The van der Waals surface area contributed by atoms with E-state index in [1.165, 1.54) is 0 Å². The van der Waals surface area contributed by atoms with Crippen LogP contribution < -0.4 is 16.0 Å². The van der Waals surface area contributed by atoms with Gasteiger partial charge in [-0.2, -0.15) is 0 Å². The second-order valence-corrected chi connectivity index (χ2v) is 6.49. The number of carbonyl (C=O) groups is 1. The van der Waals surface area contributed by atoms with E-state index in [-0.39, 0.29) is 0 Å². The Morgan fingerprint density at radius 1 is 1.41 bits per heavy atom. The lowest BCUT2D eigenvalue weighted by molar-refractivity contribution is 0.0997. The minimum atomic E-state index is -0.420. The first-order chi connectivity index (χ1) is 10.6. The van der Waals surface area contributed by atoms with Gasteiger partial charge in [0, 0.05) is 11.3 Å². The summed E-state index contributed by atoms with van der Waals surface area (Å²) in [6, 6.07) is 9.83. The van der Waals surface area contributed by atoms with Gasteiger partial charge in [0.25, 0.3) is 5.91 Å². The summed E-state index contributed by atoms with van der Waals surface area (Å²) in [5.41, 5.74) is 7.97. The number of H-pyrrole nitrogens is 1. The second kappa shape index (κ2) is 6.02. The van der Waals surface area contributed by atoms with Crippen LogP contribution in [0, 0.1) is 0 Å². The highest BCUT2D eigenvalue weighted by atomic mass is 32.2. The minimum Gasteiger partial charge on any atom is -0.366 e. The van der Waals surface area contributed by atoms with Crippen molar-refractivity contribution in [2.45, 2.75) is 18.5 Å². The Hall–Kier alpha value is -1.99. The summed E-state index contributed by atoms with van der Waals surface area (Å²) in [6.45, 7) is 2.55. The molecule has 1 aliphatic heterocycles. The number of aromatic nitrogens is 1. The summed E-state index contributed by atoms with van der Waals surface area (Å²) in [7, 11) is 0. The molecular weight excluding hydrogens is 316 g/mol. The highest BCUT2D eigenvalue weighted by Gasteiger charge is 2.29. The Labute approximate surface area is 138 Å². The Balaban J connectivity index is 2.03. The summed E-state index contributed by atoms with van der Waals surface area (Å²) in [4.78, 5) is 17.0. The number of benzene rings is 1. The maximum atomic E-state index is 11.9. The van der Waals surface area contributed by atoms with Gasteiger partial charge in [0.1, 0.15) is 5.82 Å². The molecule has 4 N–H and O–H groups in total. The minimum absolute atomic E-state index is 0.420. The number of anilines is 2. The van der Waals surface area contributed by atoms with Gasteiger partial charge in [-0.15, -0.1) is 11.8 Å². The molecule has 0 radical (unpaired) electrons. The molecule has 0 saturated heterocycles. The van der Waals surface area contributed by atoms with E-state index in [4.69, 9.17) is 18.0 Å². The fourth-order valence-electron chi connectivity index (χ4n) is 2.51. The van der Waals surface area contributed by atoms with Crippen LogP contribution in [0.1, 0.15) is 22.8 Å². The number of primary amides is 1. The predicted octanol–water partition coefficient (Wildman–Crippen LogP) is 2.94. The Morgan fingerprint density at radius 3 is 2.77 bits per heavy atom. The highest BCUT2D eigenvalue weighted by Crippen LogP contribution is 2.35. The van der Waals surface area contributed by atoms with Gasteiger partial charge in [0.2, 0.25) is 0 Å². The van der Waals surface area contributed by atoms with Gasteiger partial charge >= 0.3 is 0 Å². The zero-order valence-electron chi connectivity index (χ0n) is 12.1. The average Bonchev–Trinajstić information content (AvgIpc) is 2.84. The first-order valence-corrected chi connectivity index (χ1v) is 8.32. The molecule has 1 amide bonds. The standard InChI is InChI=1S/C15H16N4OS2/c1-2-22-14-11(12(16)20)10-8-19(9-6-4-3-5-7-9)15(21)18-13(10)17-14/h3-7,17H,2,8H2,1H3,(H2,16,20)(H,18,21). The molecule has 22 heavy (non-hydrogen) atoms. The van der Waals surface area contributed by atoms with Crippen LogP contribution >= 0.6 is 24.0 Å². The van der Waals surface area contributed by atoms with Crippen LogP contribution in [0.15, 0.2) is 35.4 Å². The number of aromatic amines is 1. The molecule has 0 atom stereocenters. The number of fused-ring (bicyclic) bond motifs is 1. The monoisotopic (exact) mass is 332 g/mol. The molecule has 1 aromatic carbocycles. The van der Waals surface area contributed by atoms with Gasteiger partial charge < -0.3 is 20.9 Å². The van der Waals surface area contributed by atoms with Crippen molar-refractivity contribution < 1.29 is 4.79 Å². The van der Waals surface area contributed by atoms with Gasteiger partial charge in [0.05, 0.1) is 17.1 Å². The molecule has 0 saturated carbocycles. The van der Waals surface area contributed by atoms with Crippen LogP contribution in [0.25, 0.3) is 0 Å². The second-order valence-electron chi connectivity index (χ2n) is 4.83. The topological polar surface area (TPSA) is 74.2 Å². The molecule has 0 aliphatic carbocycles. The fraction of sp³-hybridized carbons (Fsp3) is 0.200. The normalized spacial score (nSPS) is 13.7. The first kappa shape index (κ1) is 14.9. The molecule has 3 rings (SSSR count). The molecule has 7 heteroatoms. The van der Waals surface area contributed by atoms with Crippen LogP contribution in [0.5, 0.6) is 0 Å². The van der Waals surface area contributed by atoms with Crippen molar-refractivity contribution in [3.05, 3.63) is 41.5 Å². The van der Waals surface area contributed by atoms with Crippen LogP contribution in [0.3, 0.4) is 0 Å². The van der Waals surface area contributed by atoms with E-state index in [9.17, 15) is 4.79 Å². The van der Waals surface area contributed by atoms with E-state index >= 15 is 0 Å². The summed E-state index contributed by atoms with van der Waals surface area (Å²) in [5.74, 6) is 1.20. The summed E-state index contributed by atoms with van der Waals surface area (Å²) < 4.78 is 0. The number of nitrogens with zero attached hydrogens (tertiary/aromatic N) is 1. The number of thiocarbonyl (C=S) groups is 1. The predicted molar refractivity (Wildman–Crippen MR) is 94.6 cm³/mol. The van der Waals surface area contributed by atoms with Crippen LogP contribution in [0.4, 0.5) is 11.5 Å². The number of thioether (sulfide) groups is 1. The lowest BCUT2D eigenvalue weighted by Crippen LogP contribution is -2.39. The van der Waals surface area contributed by atoms with Gasteiger partial charge in [-0.1, -0.05) is 25.1 Å². The summed E-state index contributed by atoms with van der Waals surface area (Å²) >= 11 is 7.00. The smallest absolute Gasteiger partial charge is 0.251 e. The molecule has 1 aromatic heterocycles. The molecule has 1 aliphatic rings. The highest BCUT2D eigenvalue weighted by molar-refractivity contribution is 7.99. The molecule has 0 bridgehead atoms. The lowest BCUT2D eigenvalue weighted by Gasteiger charge is -2.30. The van der Waals surface area contributed by atoms with Crippen molar-refractivity contribution in [2.24, 2.45) is 5.73 Å². The molecule has 2 heterocycles. The number of nitrogens with two attached hydrogens (primary N) is 1. The van der Waals surface area contributed by atoms with E-state index in [1.54, 1.807) is 11.8 Å². The van der Waals surface area contributed by atoms with Crippen molar-refractivity contribution in [1.29, 1.82) is 0 Å². The number of rotatable bonds is 4. The van der Waals surface area contributed by atoms with Crippen molar-refractivity contribution >= 4 is 46.5 Å². The molecule has 0 spiro atoms. The molecular formula is C15H16N4OS2. The van der Waals surface area contributed by atoms with Crippen LogP contribution in [-0.2, 0) is 6.54 Å².